The molecule has 0 saturated carbocycles. The number of nitrogens with zero attached hydrogens (tertiary/aromatic N) is 3. The number of benzene rings is 1. The Hall–Kier alpha value is -1.48. The molecule has 1 aromatic carbocycles. The maximum Gasteiger partial charge on any atom is 0.227 e. The Morgan fingerprint density at radius 2 is 1.96 bits per heavy atom. The smallest absolute Gasteiger partial charge is 0.227 e. The molecule has 26 heavy (non-hydrogen) atoms. The van der Waals surface area contributed by atoms with Crippen LogP contribution in [-0.4, -0.2) is 48.8 Å². The lowest BCUT2D eigenvalue weighted by Gasteiger charge is -2.28. The minimum Gasteiger partial charge on any atom is -0.339 e. The van der Waals surface area contributed by atoms with E-state index in [-0.39, 0.29) is 5.92 Å². The zero-order valence-electron chi connectivity index (χ0n) is 14.7. The summed E-state index contributed by atoms with van der Waals surface area (Å²) >= 11 is 5.87. The van der Waals surface area contributed by atoms with Gasteiger partial charge in [0.15, 0.2) is 5.82 Å². The molecule has 0 aliphatic carbocycles. The van der Waals surface area contributed by atoms with Crippen molar-refractivity contribution < 1.29 is 12.9 Å². The summed E-state index contributed by atoms with van der Waals surface area (Å²) in [5, 5.41) is 8.14. The third-order valence-corrected chi connectivity index (χ3v) is 6.09. The summed E-state index contributed by atoms with van der Waals surface area (Å²) in [5.41, 5.74) is 1.17. The van der Waals surface area contributed by atoms with Gasteiger partial charge < -0.3 is 9.84 Å². The average molecular weight is 399 g/mol. The topological polar surface area (TPSA) is 88.3 Å². The van der Waals surface area contributed by atoms with Crippen molar-refractivity contribution in [1.29, 1.82) is 0 Å². The van der Waals surface area contributed by atoms with Gasteiger partial charge in [-0.3, -0.25) is 0 Å². The van der Waals surface area contributed by atoms with Crippen LogP contribution < -0.4 is 5.32 Å². The number of aromatic nitrogens is 2. The molecule has 2 aromatic rings. The molecule has 9 heteroatoms. The molecule has 0 bridgehead atoms. The molecule has 3 rings (SSSR count). The van der Waals surface area contributed by atoms with Crippen LogP contribution in [0, 0.1) is 0 Å². The molecule has 1 aliphatic rings. The van der Waals surface area contributed by atoms with Gasteiger partial charge in [-0.05, 0) is 30.5 Å². The molecular weight excluding hydrogens is 376 g/mol. The van der Waals surface area contributed by atoms with E-state index in [1.807, 2.05) is 24.3 Å². The first-order valence-electron chi connectivity index (χ1n) is 8.64. The third kappa shape index (κ3) is 5.26. The van der Waals surface area contributed by atoms with Crippen molar-refractivity contribution >= 4 is 21.6 Å². The summed E-state index contributed by atoms with van der Waals surface area (Å²) < 4.78 is 30.0. The van der Waals surface area contributed by atoms with E-state index in [0.717, 1.165) is 31.0 Å². The Morgan fingerprint density at radius 3 is 2.62 bits per heavy atom. The third-order valence-electron chi connectivity index (χ3n) is 4.53. The van der Waals surface area contributed by atoms with Crippen LogP contribution in [0.25, 0.3) is 0 Å². The van der Waals surface area contributed by atoms with Crippen LogP contribution in [0.5, 0.6) is 0 Å². The zero-order chi connectivity index (χ0) is 18.6. The van der Waals surface area contributed by atoms with Crippen molar-refractivity contribution in [2.75, 3.05) is 25.9 Å². The fourth-order valence-electron chi connectivity index (χ4n) is 3.01. The van der Waals surface area contributed by atoms with Gasteiger partial charge in [-0.15, -0.1) is 0 Å². The lowest BCUT2D eigenvalue weighted by atomic mass is 9.97. The number of piperidine rings is 1. The Labute approximate surface area is 158 Å². The first kappa shape index (κ1) is 19.3. The van der Waals surface area contributed by atoms with Gasteiger partial charge in [0.25, 0.3) is 0 Å². The van der Waals surface area contributed by atoms with Crippen LogP contribution in [-0.2, 0) is 23.0 Å². The van der Waals surface area contributed by atoms with Crippen LogP contribution >= 0.6 is 11.6 Å². The van der Waals surface area contributed by atoms with Gasteiger partial charge in [0.05, 0.1) is 6.26 Å². The summed E-state index contributed by atoms with van der Waals surface area (Å²) in [6.07, 6.45) is 3.35. The molecule has 7 nitrogen and oxygen atoms in total. The molecule has 0 atom stereocenters. The molecule has 1 N–H and O–H groups in total. The number of halogens is 1. The fourth-order valence-corrected chi connectivity index (χ4v) is 4.01. The van der Waals surface area contributed by atoms with Crippen molar-refractivity contribution in [1.82, 2.24) is 19.8 Å². The molecular formula is C17H23ClN4O3S. The Morgan fingerprint density at radius 1 is 1.27 bits per heavy atom. The average Bonchev–Trinajstić information content (AvgIpc) is 3.09. The Balaban J connectivity index is 1.43. The van der Waals surface area contributed by atoms with E-state index in [9.17, 15) is 8.42 Å². The van der Waals surface area contributed by atoms with E-state index in [2.05, 4.69) is 15.5 Å². The molecule has 2 heterocycles. The Kier molecular flexibility index (Phi) is 6.29. The maximum absolute atomic E-state index is 11.6. The second-order valence-electron chi connectivity index (χ2n) is 6.54. The van der Waals surface area contributed by atoms with Crippen LogP contribution in [0.15, 0.2) is 28.8 Å². The van der Waals surface area contributed by atoms with Gasteiger partial charge in [-0.2, -0.15) is 4.98 Å². The van der Waals surface area contributed by atoms with E-state index in [4.69, 9.17) is 16.1 Å². The van der Waals surface area contributed by atoms with E-state index in [1.54, 1.807) is 0 Å². The quantitative estimate of drug-likeness (QED) is 0.719. The highest BCUT2D eigenvalue weighted by atomic mass is 35.5. The van der Waals surface area contributed by atoms with Crippen molar-refractivity contribution in [2.45, 2.75) is 31.7 Å². The second-order valence-corrected chi connectivity index (χ2v) is 8.95. The van der Waals surface area contributed by atoms with Crippen LogP contribution in [0.1, 0.15) is 36.0 Å². The first-order chi connectivity index (χ1) is 12.4. The van der Waals surface area contributed by atoms with Gasteiger partial charge in [0, 0.05) is 43.5 Å². The molecule has 1 aliphatic heterocycles. The van der Waals surface area contributed by atoms with Gasteiger partial charge in [0.1, 0.15) is 0 Å². The highest BCUT2D eigenvalue weighted by Crippen LogP contribution is 2.26. The number of hydrogen-bond donors (Lipinski definition) is 1. The molecule has 0 amide bonds. The largest absolute Gasteiger partial charge is 0.339 e. The van der Waals surface area contributed by atoms with E-state index < -0.39 is 10.0 Å². The van der Waals surface area contributed by atoms with Gasteiger partial charge in [-0.25, -0.2) is 12.7 Å². The molecule has 0 spiro atoms. The predicted molar refractivity (Wildman–Crippen MR) is 99.6 cm³/mol. The summed E-state index contributed by atoms with van der Waals surface area (Å²) in [5.74, 6) is 1.45. The highest BCUT2D eigenvalue weighted by molar-refractivity contribution is 7.88. The van der Waals surface area contributed by atoms with Gasteiger partial charge in [-0.1, -0.05) is 28.9 Å². The lowest BCUT2D eigenvalue weighted by molar-refractivity contribution is 0.306. The fraction of sp³-hybridized carbons (Fsp3) is 0.529. The molecule has 0 unspecified atom stereocenters. The van der Waals surface area contributed by atoms with E-state index in [0.29, 0.717) is 31.2 Å². The standard InChI is InChI=1S/C17H23ClN4O3S/c1-26(23,24)22-10-7-14(8-11-22)17-20-16(25-21-17)6-9-19-12-13-2-4-15(18)5-3-13/h2-5,14,19H,6-12H2,1H3. The predicted octanol–water partition coefficient (Wildman–Crippen LogP) is 2.19. The van der Waals surface area contributed by atoms with Crippen LogP contribution in [0.4, 0.5) is 0 Å². The van der Waals surface area contributed by atoms with Crippen LogP contribution in [0.2, 0.25) is 5.02 Å². The van der Waals surface area contributed by atoms with Crippen molar-refractivity contribution in [3.63, 3.8) is 0 Å². The first-order valence-corrected chi connectivity index (χ1v) is 10.9. The summed E-state index contributed by atoms with van der Waals surface area (Å²) in [6, 6.07) is 7.72. The molecule has 1 aromatic heterocycles. The zero-order valence-corrected chi connectivity index (χ0v) is 16.3. The van der Waals surface area contributed by atoms with Gasteiger partial charge in [0.2, 0.25) is 15.9 Å². The number of sulfonamides is 1. The van der Waals surface area contributed by atoms with Crippen molar-refractivity contribution in [3.05, 3.63) is 46.6 Å². The molecule has 1 fully saturated rings. The summed E-state index contributed by atoms with van der Waals surface area (Å²) in [7, 11) is -3.11. The maximum atomic E-state index is 11.6. The Bertz CT molecular complexity index is 815. The number of nitrogens with one attached hydrogen (secondary N) is 1. The van der Waals surface area contributed by atoms with E-state index >= 15 is 0 Å². The monoisotopic (exact) mass is 398 g/mol. The minimum atomic E-state index is -3.11. The van der Waals surface area contributed by atoms with Gasteiger partial charge >= 0.3 is 0 Å². The second kappa shape index (κ2) is 8.47. The highest BCUT2D eigenvalue weighted by Gasteiger charge is 2.28. The van der Waals surface area contributed by atoms with Crippen molar-refractivity contribution in [3.8, 4) is 0 Å². The van der Waals surface area contributed by atoms with Crippen molar-refractivity contribution in [2.24, 2.45) is 0 Å². The van der Waals surface area contributed by atoms with Crippen LogP contribution in [0.3, 0.4) is 0 Å². The summed E-state index contributed by atoms with van der Waals surface area (Å²) in [4.78, 5) is 4.47. The normalized spacial score (nSPS) is 16.8. The lowest BCUT2D eigenvalue weighted by Crippen LogP contribution is -2.37. The SMILES string of the molecule is CS(=O)(=O)N1CCC(c2noc(CCNCc3ccc(Cl)cc3)n2)CC1. The number of rotatable bonds is 7. The molecule has 0 radical (unpaired) electrons. The minimum absolute atomic E-state index is 0.160. The summed E-state index contributed by atoms with van der Waals surface area (Å²) in [6.45, 7) is 2.50. The molecule has 142 valence electrons. The van der Waals surface area contributed by atoms with E-state index in [1.165, 1.54) is 16.1 Å². The molecule has 1 saturated heterocycles. The number of hydrogen-bond acceptors (Lipinski definition) is 6.